The van der Waals surface area contributed by atoms with E-state index in [1.165, 1.54) is 12.1 Å². The van der Waals surface area contributed by atoms with E-state index in [4.69, 9.17) is 0 Å². The van der Waals surface area contributed by atoms with Gasteiger partial charge in [0.1, 0.15) is 17.4 Å². The molecule has 1 fully saturated rings. The lowest BCUT2D eigenvalue weighted by Crippen LogP contribution is -2.49. The standard InChI is InChI=1S/C28H28FN5O2/c1-20-18-24(35)26(28(36)34(20)19-23-6-2-4-12-30-23)27(21-8-10-22(29)11-9-21)33-16-14-32(15-17-33)25-7-3-5-13-31-25/h2-13,18,27,35H,14-17,19H2,1H3/t27-/m1/s1. The second kappa shape index (κ2) is 10.3. The summed E-state index contributed by atoms with van der Waals surface area (Å²) in [5, 5.41) is 11.1. The third-order valence-corrected chi connectivity index (χ3v) is 6.68. The van der Waals surface area contributed by atoms with Gasteiger partial charge in [0.05, 0.1) is 23.8 Å². The average Bonchev–Trinajstić information content (AvgIpc) is 2.91. The predicted octanol–water partition coefficient (Wildman–Crippen LogP) is 3.75. The van der Waals surface area contributed by atoms with Gasteiger partial charge in [-0.1, -0.05) is 24.3 Å². The molecule has 184 valence electrons. The normalized spacial score (nSPS) is 15.1. The molecule has 5 rings (SSSR count). The van der Waals surface area contributed by atoms with Gasteiger partial charge in [-0.25, -0.2) is 9.37 Å². The second-order valence-corrected chi connectivity index (χ2v) is 8.96. The molecule has 0 spiro atoms. The maximum atomic E-state index is 13.9. The average molecular weight is 486 g/mol. The molecule has 0 bridgehead atoms. The van der Waals surface area contributed by atoms with Crippen LogP contribution in [0.25, 0.3) is 0 Å². The number of hydrogen-bond donors (Lipinski definition) is 1. The van der Waals surface area contributed by atoms with Crippen molar-refractivity contribution in [3.63, 3.8) is 0 Å². The van der Waals surface area contributed by atoms with E-state index in [1.54, 1.807) is 42.1 Å². The number of anilines is 1. The molecule has 36 heavy (non-hydrogen) atoms. The number of aromatic nitrogens is 3. The van der Waals surface area contributed by atoms with Crippen LogP contribution in [0.15, 0.2) is 83.9 Å². The van der Waals surface area contributed by atoms with Crippen LogP contribution in [-0.4, -0.2) is 50.7 Å². The quantitative estimate of drug-likeness (QED) is 0.448. The summed E-state index contributed by atoms with van der Waals surface area (Å²) in [4.78, 5) is 27.1. The summed E-state index contributed by atoms with van der Waals surface area (Å²) >= 11 is 0. The van der Waals surface area contributed by atoms with Crippen LogP contribution in [0.3, 0.4) is 0 Å². The number of nitrogens with zero attached hydrogens (tertiary/aromatic N) is 5. The van der Waals surface area contributed by atoms with Crippen LogP contribution in [0.5, 0.6) is 5.75 Å². The first kappa shape index (κ1) is 23.7. The first-order valence-corrected chi connectivity index (χ1v) is 12.0. The molecule has 1 saturated heterocycles. The largest absolute Gasteiger partial charge is 0.507 e. The molecule has 4 aromatic rings. The summed E-state index contributed by atoms with van der Waals surface area (Å²) in [7, 11) is 0. The fraction of sp³-hybridized carbons (Fsp3) is 0.250. The Kier molecular flexibility index (Phi) is 6.77. The summed E-state index contributed by atoms with van der Waals surface area (Å²) in [6.45, 7) is 4.80. The van der Waals surface area contributed by atoms with Crippen molar-refractivity contribution < 1.29 is 9.50 Å². The number of hydrogen-bond acceptors (Lipinski definition) is 6. The van der Waals surface area contributed by atoms with Crippen molar-refractivity contribution in [2.75, 3.05) is 31.1 Å². The third kappa shape index (κ3) is 4.85. The molecule has 7 nitrogen and oxygen atoms in total. The van der Waals surface area contributed by atoms with E-state index in [9.17, 15) is 14.3 Å². The number of halogens is 1. The van der Waals surface area contributed by atoms with Gasteiger partial charge in [0.15, 0.2) is 0 Å². The third-order valence-electron chi connectivity index (χ3n) is 6.68. The van der Waals surface area contributed by atoms with Crippen LogP contribution in [-0.2, 0) is 6.54 Å². The predicted molar refractivity (Wildman–Crippen MR) is 137 cm³/mol. The molecule has 0 aliphatic carbocycles. The van der Waals surface area contributed by atoms with E-state index >= 15 is 0 Å². The molecule has 8 heteroatoms. The molecule has 1 aliphatic heterocycles. The Hall–Kier alpha value is -4.04. The van der Waals surface area contributed by atoms with Gasteiger partial charge < -0.3 is 14.6 Å². The van der Waals surface area contributed by atoms with Crippen molar-refractivity contribution in [1.29, 1.82) is 0 Å². The molecule has 1 atom stereocenters. The van der Waals surface area contributed by atoms with Crippen molar-refractivity contribution in [1.82, 2.24) is 19.4 Å². The van der Waals surface area contributed by atoms with Gasteiger partial charge >= 0.3 is 0 Å². The number of rotatable bonds is 6. The molecule has 0 amide bonds. The highest BCUT2D eigenvalue weighted by molar-refractivity contribution is 5.42. The second-order valence-electron chi connectivity index (χ2n) is 8.96. The van der Waals surface area contributed by atoms with E-state index in [2.05, 4.69) is 19.8 Å². The molecule has 1 aromatic carbocycles. The number of pyridine rings is 3. The highest BCUT2D eigenvalue weighted by atomic mass is 19.1. The summed E-state index contributed by atoms with van der Waals surface area (Å²) in [6.07, 6.45) is 3.47. The zero-order valence-corrected chi connectivity index (χ0v) is 20.1. The van der Waals surface area contributed by atoms with Gasteiger partial charge in [-0.2, -0.15) is 0 Å². The minimum absolute atomic E-state index is 0.0590. The Morgan fingerprint density at radius 1 is 0.944 bits per heavy atom. The monoisotopic (exact) mass is 485 g/mol. The van der Waals surface area contributed by atoms with Gasteiger partial charge in [0.2, 0.25) is 0 Å². The lowest BCUT2D eigenvalue weighted by Gasteiger charge is -2.40. The van der Waals surface area contributed by atoms with Gasteiger partial charge in [-0.05, 0) is 55.0 Å². The van der Waals surface area contributed by atoms with Crippen molar-refractivity contribution in [2.45, 2.75) is 19.5 Å². The Morgan fingerprint density at radius 3 is 2.28 bits per heavy atom. The van der Waals surface area contributed by atoms with Crippen molar-refractivity contribution in [3.8, 4) is 5.75 Å². The van der Waals surface area contributed by atoms with E-state index in [1.807, 2.05) is 36.4 Å². The van der Waals surface area contributed by atoms with E-state index in [0.29, 0.717) is 38.4 Å². The minimum Gasteiger partial charge on any atom is -0.507 e. The van der Waals surface area contributed by atoms with Crippen LogP contribution >= 0.6 is 0 Å². The Morgan fingerprint density at radius 2 is 1.64 bits per heavy atom. The molecular weight excluding hydrogens is 457 g/mol. The molecule has 1 N–H and O–H groups in total. The van der Waals surface area contributed by atoms with Gasteiger partial charge in [-0.3, -0.25) is 14.7 Å². The molecule has 0 unspecified atom stereocenters. The highest BCUT2D eigenvalue weighted by Gasteiger charge is 2.31. The van der Waals surface area contributed by atoms with Gasteiger partial charge in [-0.15, -0.1) is 0 Å². The van der Waals surface area contributed by atoms with E-state index in [-0.39, 0.29) is 22.7 Å². The highest BCUT2D eigenvalue weighted by Crippen LogP contribution is 2.34. The molecule has 1 aliphatic rings. The zero-order valence-electron chi connectivity index (χ0n) is 20.1. The smallest absolute Gasteiger partial charge is 0.260 e. The topological polar surface area (TPSA) is 74.5 Å². The molecule has 0 radical (unpaired) electrons. The number of aromatic hydroxyl groups is 1. The number of piperazine rings is 1. The SMILES string of the molecule is Cc1cc(O)c([C@@H](c2ccc(F)cc2)N2CCN(c3ccccn3)CC2)c(=O)n1Cc1ccccn1. The van der Waals surface area contributed by atoms with Crippen LogP contribution < -0.4 is 10.5 Å². The Balaban J connectivity index is 1.53. The first-order chi connectivity index (χ1) is 17.5. The fourth-order valence-corrected chi connectivity index (χ4v) is 4.83. The summed E-state index contributed by atoms with van der Waals surface area (Å²) in [5.74, 6) is 0.501. The van der Waals surface area contributed by atoms with Crippen LogP contribution in [0.1, 0.15) is 28.6 Å². The molecule has 4 heterocycles. The van der Waals surface area contributed by atoms with Crippen LogP contribution in [0.2, 0.25) is 0 Å². The van der Waals surface area contributed by atoms with Gasteiger partial charge in [0, 0.05) is 44.3 Å². The maximum absolute atomic E-state index is 13.9. The molecule has 0 saturated carbocycles. The summed E-state index contributed by atoms with van der Waals surface area (Å²) < 4.78 is 15.4. The Bertz CT molecular complexity index is 1370. The zero-order chi connectivity index (χ0) is 25.1. The lowest BCUT2D eigenvalue weighted by molar-refractivity contribution is 0.207. The van der Waals surface area contributed by atoms with Crippen molar-refractivity contribution in [3.05, 3.63) is 118 Å². The van der Waals surface area contributed by atoms with Crippen molar-refractivity contribution >= 4 is 5.82 Å². The van der Waals surface area contributed by atoms with E-state index < -0.39 is 6.04 Å². The minimum atomic E-state index is -0.528. The summed E-state index contributed by atoms with van der Waals surface area (Å²) in [6, 6.07) is 18.7. The Labute approximate surface area is 209 Å². The maximum Gasteiger partial charge on any atom is 0.260 e. The first-order valence-electron chi connectivity index (χ1n) is 12.0. The number of benzene rings is 1. The molecule has 3 aromatic heterocycles. The van der Waals surface area contributed by atoms with Crippen LogP contribution in [0.4, 0.5) is 10.2 Å². The lowest BCUT2D eigenvalue weighted by atomic mass is 9.96. The van der Waals surface area contributed by atoms with Gasteiger partial charge in [0.25, 0.3) is 5.56 Å². The fourth-order valence-electron chi connectivity index (χ4n) is 4.83. The van der Waals surface area contributed by atoms with Crippen LogP contribution in [0, 0.1) is 12.7 Å². The van der Waals surface area contributed by atoms with Crippen molar-refractivity contribution in [2.24, 2.45) is 0 Å². The number of aryl methyl sites for hydroxylation is 1. The van der Waals surface area contributed by atoms with E-state index in [0.717, 1.165) is 17.1 Å². The molecular formula is C28H28FN5O2. The summed E-state index contributed by atoms with van der Waals surface area (Å²) in [5.41, 5.74) is 2.16.